The Morgan fingerprint density at radius 3 is 2.90 bits per heavy atom. The van der Waals surface area contributed by atoms with Crippen molar-refractivity contribution in [3.8, 4) is 0 Å². The molecule has 1 aliphatic carbocycles. The molecule has 6 heteroatoms. The van der Waals surface area contributed by atoms with Gasteiger partial charge < -0.3 is 9.40 Å². The van der Waals surface area contributed by atoms with E-state index < -0.39 is 17.4 Å². The Morgan fingerprint density at radius 1 is 1.48 bits per heavy atom. The highest BCUT2D eigenvalue weighted by Gasteiger charge is 2.21. The summed E-state index contributed by atoms with van der Waals surface area (Å²) in [7, 11) is 0. The molecule has 1 unspecified atom stereocenters. The summed E-state index contributed by atoms with van der Waals surface area (Å²) >= 11 is 0. The fourth-order valence-electron chi connectivity index (χ4n) is 2.54. The number of rotatable bonds is 5. The van der Waals surface area contributed by atoms with Gasteiger partial charge in [0, 0.05) is 6.07 Å². The van der Waals surface area contributed by atoms with Crippen molar-refractivity contribution in [2.75, 3.05) is 0 Å². The molecule has 1 atom stereocenters. The highest BCUT2D eigenvalue weighted by molar-refractivity contribution is 5.75. The van der Waals surface area contributed by atoms with E-state index in [2.05, 4.69) is 9.97 Å². The summed E-state index contributed by atoms with van der Waals surface area (Å²) < 4.78 is 18.2. The third kappa shape index (κ3) is 3.04. The Balaban J connectivity index is 2.01. The lowest BCUT2D eigenvalue weighted by molar-refractivity contribution is 0.355. The smallest absolute Gasteiger partial charge is 0.337 e. The van der Waals surface area contributed by atoms with Crippen molar-refractivity contribution in [2.24, 2.45) is 5.92 Å². The number of nitrogens with zero attached hydrogens (tertiary/aromatic N) is 1. The molecule has 0 saturated heterocycles. The first-order chi connectivity index (χ1) is 10.0. The predicted octanol–water partition coefficient (Wildman–Crippen LogP) is 2.64. The van der Waals surface area contributed by atoms with Crippen LogP contribution in [0, 0.1) is 5.92 Å². The van der Waals surface area contributed by atoms with E-state index in [1.54, 1.807) is 0 Å². The Bertz CT molecular complexity index is 775. The van der Waals surface area contributed by atoms with E-state index in [9.17, 15) is 14.0 Å². The first kappa shape index (κ1) is 14.0. The number of fused-ring (bicyclic) bond motifs is 1. The zero-order valence-corrected chi connectivity index (χ0v) is 11.8. The van der Waals surface area contributed by atoms with Gasteiger partial charge in [0.05, 0.1) is 0 Å². The maximum Gasteiger partial charge on any atom is 0.337 e. The zero-order valence-electron chi connectivity index (χ0n) is 11.8. The Kier molecular flexibility index (Phi) is 3.61. The van der Waals surface area contributed by atoms with Crippen molar-refractivity contribution in [3.63, 3.8) is 0 Å². The molecule has 2 aromatic heterocycles. The summed E-state index contributed by atoms with van der Waals surface area (Å²) in [5, 5.41) is 0.259. The van der Waals surface area contributed by atoms with E-state index in [4.69, 9.17) is 4.42 Å². The van der Waals surface area contributed by atoms with Gasteiger partial charge in [0.15, 0.2) is 6.17 Å². The van der Waals surface area contributed by atoms with E-state index in [0.717, 1.165) is 18.8 Å². The van der Waals surface area contributed by atoms with Gasteiger partial charge in [-0.25, -0.2) is 9.18 Å². The van der Waals surface area contributed by atoms with Crippen LogP contribution in [0.2, 0.25) is 0 Å². The van der Waals surface area contributed by atoms with Crippen molar-refractivity contribution in [3.05, 3.63) is 38.2 Å². The normalized spacial score (nSPS) is 16.3. The molecule has 0 aromatic carbocycles. The number of hydrogen-bond donors (Lipinski definition) is 1. The molecule has 1 saturated carbocycles. The quantitative estimate of drug-likeness (QED) is 0.919. The molecular formula is C15H17FN2O3. The van der Waals surface area contributed by atoms with Gasteiger partial charge in [-0.15, -0.1) is 0 Å². The minimum atomic E-state index is -1.43. The van der Waals surface area contributed by atoms with Crippen molar-refractivity contribution in [2.45, 2.75) is 45.2 Å². The SMILES string of the molecule is CC(F)c1nc2oc(=O)cc(CCCC3CC3)c2c(=O)[nH]1. The lowest BCUT2D eigenvalue weighted by Gasteiger charge is -2.06. The number of aromatic nitrogens is 2. The minimum absolute atomic E-state index is 0.0767. The van der Waals surface area contributed by atoms with Crippen LogP contribution >= 0.6 is 0 Å². The second-order valence-electron chi connectivity index (χ2n) is 5.67. The Labute approximate surface area is 120 Å². The predicted molar refractivity (Wildman–Crippen MR) is 76.1 cm³/mol. The van der Waals surface area contributed by atoms with Crippen LogP contribution in [0.3, 0.4) is 0 Å². The Morgan fingerprint density at radius 2 is 2.24 bits per heavy atom. The summed E-state index contributed by atoms with van der Waals surface area (Å²) in [5.41, 5.74) is -0.454. The molecule has 2 aromatic rings. The number of aryl methyl sites for hydroxylation is 1. The van der Waals surface area contributed by atoms with Crippen molar-refractivity contribution in [1.29, 1.82) is 0 Å². The highest BCUT2D eigenvalue weighted by Crippen LogP contribution is 2.34. The van der Waals surface area contributed by atoms with Gasteiger partial charge in [0.2, 0.25) is 5.71 Å². The van der Waals surface area contributed by atoms with Gasteiger partial charge in [0.25, 0.3) is 5.56 Å². The number of alkyl halides is 1. The van der Waals surface area contributed by atoms with Crippen LogP contribution < -0.4 is 11.2 Å². The first-order valence-corrected chi connectivity index (χ1v) is 7.25. The summed E-state index contributed by atoms with van der Waals surface area (Å²) in [6, 6.07) is 1.34. The molecule has 2 heterocycles. The molecule has 0 bridgehead atoms. The highest BCUT2D eigenvalue weighted by atomic mass is 19.1. The maximum absolute atomic E-state index is 13.3. The standard InChI is InChI=1S/C15H17FN2O3/c1-8(16)13-17-14(20)12-10(4-2-3-9-5-6-9)7-11(19)21-15(12)18-13/h7-9H,2-6H2,1H3,(H,17,18,20). The summed E-state index contributed by atoms with van der Waals surface area (Å²) in [6.07, 6.45) is 3.78. The average molecular weight is 292 g/mol. The maximum atomic E-state index is 13.3. The van der Waals surface area contributed by atoms with E-state index >= 15 is 0 Å². The number of H-pyrrole nitrogens is 1. The monoisotopic (exact) mass is 292 g/mol. The van der Waals surface area contributed by atoms with Gasteiger partial charge in [-0.1, -0.05) is 19.3 Å². The molecule has 21 heavy (non-hydrogen) atoms. The summed E-state index contributed by atoms with van der Waals surface area (Å²) in [4.78, 5) is 30.0. The zero-order chi connectivity index (χ0) is 15.0. The number of aromatic amines is 1. The van der Waals surface area contributed by atoms with E-state index in [0.29, 0.717) is 12.0 Å². The molecule has 0 amide bonds. The molecular weight excluding hydrogens is 275 g/mol. The number of nitrogens with one attached hydrogen (secondary N) is 1. The van der Waals surface area contributed by atoms with Crippen LogP contribution in [0.4, 0.5) is 4.39 Å². The van der Waals surface area contributed by atoms with Crippen LogP contribution in [-0.4, -0.2) is 9.97 Å². The largest absolute Gasteiger partial charge is 0.403 e. The molecule has 112 valence electrons. The van der Waals surface area contributed by atoms with Gasteiger partial charge in [0.1, 0.15) is 11.2 Å². The van der Waals surface area contributed by atoms with E-state index in [1.807, 2.05) is 0 Å². The summed E-state index contributed by atoms with van der Waals surface area (Å²) in [5.74, 6) is 0.678. The molecule has 3 rings (SSSR count). The van der Waals surface area contributed by atoms with Gasteiger partial charge in [-0.3, -0.25) is 4.79 Å². The lowest BCUT2D eigenvalue weighted by Crippen LogP contribution is -2.16. The fourth-order valence-corrected chi connectivity index (χ4v) is 2.54. The van der Waals surface area contributed by atoms with Crippen molar-refractivity contribution < 1.29 is 8.81 Å². The molecule has 1 fully saturated rings. The molecule has 0 radical (unpaired) electrons. The second kappa shape index (κ2) is 5.42. The van der Waals surface area contributed by atoms with E-state index in [-0.39, 0.29) is 16.9 Å². The third-order valence-electron chi connectivity index (χ3n) is 3.85. The topological polar surface area (TPSA) is 76.0 Å². The average Bonchev–Trinajstić information content (AvgIpc) is 3.21. The minimum Gasteiger partial charge on any atom is -0.403 e. The van der Waals surface area contributed by atoms with Crippen LogP contribution in [-0.2, 0) is 6.42 Å². The fraction of sp³-hybridized carbons (Fsp3) is 0.533. The van der Waals surface area contributed by atoms with Crippen LogP contribution in [0.15, 0.2) is 20.1 Å². The molecule has 1 N–H and O–H groups in total. The van der Waals surface area contributed by atoms with Crippen molar-refractivity contribution in [1.82, 2.24) is 9.97 Å². The second-order valence-corrected chi connectivity index (χ2v) is 5.67. The van der Waals surface area contributed by atoms with Crippen molar-refractivity contribution >= 4 is 11.1 Å². The number of hydrogen-bond acceptors (Lipinski definition) is 4. The summed E-state index contributed by atoms with van der Waals surface area (Å²) in [6.45, 7) is 1.27. The first-order valence-electron chi connectivity index (χ1n) is 7.25. The van der Waals surface area contributed by atoms with Gasteiger partial charge in [-0.2, -0.15) is 4.98 Å². The molecule has 1 aliphatic rings. The molecule has 0 spiro atoms. The number of halogens is 1. The van der Waals surface area contributed by atoms with Crippen LogP contribution in [0.5, 0.6) is 0 Å². The Hall–Kier alpha value is -1.98. The lowest BCUT2D eigenvalue weighted by atomic mass is 10.1. The van der Waals surface area contributed by atoms with Crippen LogP contribution in [0.25, 0.3) is 11.1 Å². The van der Waals surface area contributed by atoms with Gasteiger partial charge >= 0.3 is 5.63 Å². The van der Waals surface area contributed by atoms with Gasteiger partial charge in [-0.05, 0) is 31.2 Å². The molecule has 0 aliphatic heterocycles. The molecule has 5 nitrogen and oxygen atoms in total. The van der Waals surface area contributed by atoms with E-state index in [1.165, 1.54) is 25.8 Å². The third-order valence-corrected chi connectivity index (χ3v) is 3.85. The van der Waals surface area contributed by atoms with Crippen LogP contribution in [0.1, 0.15) is 50.2 Å².